The van der Waals surface area contributed by atoms with E-state index in [9.17, 15) is 0 Å². The van der Waals surface area contributed by atoms with E-state index in [1.165, 1.54) is 11.1 Å². The molecule has 7 nitrogen and oxygen atoms in total. The van der Waals surface area contributed by atoms with Crippen LogP contribution in [0.2, 0.25) is 0 Å². The summed E-state index contributed by atoms with van der Waals surface area (Å²) in [6, 6.07) is 10.6. The Kier molecular flexibility index (Phi) is 5.54. The first-order valence-electron chi connectivity index (χ1n) is 9.83. The molecule has 0 N–H and O–H groups in total. The fraction of sp³-hybridized carbons (Fsp3) is 0.476. The predicted octanol–water partition coefficient (Wildman–Crippen LogP) is 3.35. The molecule has 1 aromatic carbocycles. The van der Waals surface area contributed by atoms with Crippen LogP contribution in [0.25, 0.3) is 10.9 Å². The zero-order valence-electron chi connectivity index (χ0n) is 16.8. The Labute approximate surface area is 165 Å². The summed E-state index contributed by atoms with van der Waals surface area (Å²) in [7, 11) is 1.65. The lowest BCUT2D eigenvalue weighted by Gasteiger charge is -2.25. The Morgan fingerprint density at radius 3 is 2.86 bits per heavy atom. The number of nitrogens with zero attached hydrogens (tertiary/aromatic N) is 5. The molecule has 0 saturated carbocycles. The molecule has 28 heavy (non-hydrogen) atoms. The van der Waals surface area contributed by atoms with E-state index in [1.54, 1.807) is 7.11 Å². The monoisotopic (exact) mass is 381 g/mol. The van der Waals surface area contributed by atoms with Crippen LogP contribution in [0.5, 0.6) is 0 Å². The summed E-state index contributed by atoms with van der Waals surface area (Å²) in [5.74, 6) is 1.25. The molecule has 1 saturated heterocycles. The third-order valence-electron chi connectivity index (χ3n) is 5.31. The summed E-state index contributed by atoms with van der Waals surface area (Å²) < 4.78 is 10.7. The fourth-order valence-electron chi connectivity index (χ4n) is 3.71. The first-order valence-corrected chi connectivity index (χ1v) is 9.83. The van der Waals surface area contributed by atoms with Crippen LogP contribution >= 0.6 is 0 Å². The minimum absolute atomic E-state index is 0.152. The van der Waals surface area contributed by atoms with E-state index in [1.807, 2.05) is 13.0 Å². The molecule has 0 spiro atoms. The highest BCUT2D eigenvalue weighted by molar-refractivity contribution is 5.92. The average molecular weight is 381 g/mol. The Bertz CT molecular complexity index is 941. The third-order valence-corrected chi connectivity index (χ3v) is 5.31. The maximum absolute atomic E-state index is 5.41. The standard InChI is InChI=1S/C21H27N5O2/c1-15-13-19(17-7-4-5-8-18(17)22-15)26-10-6-9-25(11-12-26)14-20-23-21(24-28-20)16(2)27-3/h4-5,7-8,13,16H,6,9-12,14H2,1-3H3. The molecule has 3 heterocycles. The van der Waals surface area contributed by atoms with E-state index in [2.05, 4.69) is 56.1 Å². The van der Waals surface area contributed by atoms with Crippen molar-refractivity contribution < 1.29 is 9.26 Å². The van der Waals surface area contributed by atoms with Crippen LogP contribution < -0.4 is 4.90 Å². The number of rotatable bonds is 5. The van der Waals surface area contributed by atoms with E-state index in [0.717, 1.165) is 43.8 Å². The van der Waals surface area contributed by atoms with Gasteiger partial charge in [-0.1, -0.05) is 23.4 Å². The highest BCUT2D eigenvalue weighted by Crippen LogP contribution is 2.27. The van der Waals surface area contributed by atoms with Crippen molar-refractivity contribution in [2.24, 2.45) is 0 Å². The fourth-order valence-corrected chi connectivity index (χ4v) is 3.71. The minimum Gasteiger partial charge on any atom is -0.374 e. The van der Waals surface area contributed by atoms with Crippen molar-refractivity contribution in [3.05, 3.63) is 47.7 Å². The van der Waals surface area contributed by atoms with Gasteiger partial charge in [0.2, 0.25) is 5.89 Å². The maximum atomic E-state index is 5.41. The van der Waals surface area contributed by atoms with Gasteiger partial charge in [0, 0.05) is 50.1 Å². The van der Waals surface area contributed by atoms with Crippen molar-refractivity contribution in [2.75, 3.05) is 38.2 Å². The van der Waals surface area contributed by atoms with Gasteiger partial charge in [-0.3, -0.25) is 9.88 Å². The largest absolute Gasteiger partial charge is 0.374 e. The molecule has 1 atom stereocenters. The number of anilines is 1. The van der Waals surface area contributed by atoms with Crippen molar-refractivity contribution in [3.8, 4) is 0 Å². The molecule has 148 valence electrons. The number of methoxy groups -OCH3 is 1. The van der Waals surface area contributed by atoms with Crippen LogP contribution in [0.1, 0.15) is 36.9 Å². The van der Waals surface area contributed by atoms with Gasteiger partial charge in [0.25, 0.3) is 0 Å². The summed E-state index contributed by atoms with van der Waals surface area (Å²) in [4.78, 5) is 14.0. The van der Waals surface area contributed by atoms with Crippen LogP contribution in [0.3, 0.4) is 0 Å². The Morgan fingerprint density at radius 1 is 1.14 bits per heavy atom. The maximum Gasteiger partial charge on any atom is 0.240 e. The molecule has 1 aliphatic heterocycles. The Hall–Kier alpha value is -2.51. The van der Waals surface area contributed by atoms with Crippen LogP contribution in [0, 0.1) is 6.92 Å². The lowest BCUT2D eigenvalue weighted by molar-refractivity contribution is 0.109. The second-order valence-corrected chi connectivity index (χ2v) is 7.34. The molecular weight excluding hydrogens is 354 g/mol. The highest BCUT2D eigenvalue weighted by Gasteiger charge is 2.20. The van der Waals surface area contributed by atoms with E-state index in [4.69, 9.17) is 9.26 Å². The average Bonchev–Trinajstić information content (AvgIpc) is 3.05. The van der Waals surface area contributed by atoms with E-state index in [0.29, 0.717) is 18.3 Å². The van der Waals surface area contributed by atoms with E-state index in [-0.39, 0.29) is 6.10 Å². The van der Waals surface area contributed by atoms with Crippen LogP contribution in [-0.2, 0) is 11.3 Å². The molecule has 2 aromatic heterocycles. The zero-order chi connectivity index (χ0) is 19.5. The number of benzene rings is 1. The normalized spacial score (nSPS) is 17.0. The smallest absolute Gasteiger partial charge is 0.240 e. The molecule has 4 rings (SSSR count). The van der Waals surface area contributed by atoms with Gasteiger partial charge in [-0.15, -0.1) is 0 Å². The molecule has 7 heteroatoms. The van der Waals surface area contributed by atoms with Crippen LogP contribution in [-0.4, -0.2) is 53.3 Å². The van der Waals surface area contributed by atoms with Gasteiger partial charge < -0.3 is 14.2 Å². The Morgan fingerprint density at radius 2 is 2.00 bits per heavy atom. The first-order chi connectivity index (χ1) is 13.6. The highest BCUT2D eigenvalue weighted by atomic mass is 16.5. The van der Waals surface area contributed by atoms with Gasteiger partial charge in [-0.2, -0.15) is 4.98 Å². The number of hydrogen-bond donors (Lipinski definition) is 0. The lowest BCUT2D eigenvalue weighted by Crippen LogP contribution is -2.30. The lowest BCUT2D eigenvalue weighted by atomic mass is 10.1. The van der Waals surface area contributed by atoms with E-state index < -0.39 is 0 Å². The third kappa shape index (κ3) is 4.00. The first kappa shape index (κ1) is 18.8. The second kappa shape index (κ2) is 8.24. The van der Waals surface area contributed by atoms with Gasteiger partial charge in [-0.05, 0) is 32.4 Å². The molecule has 0 bridgehead atoms. The molecule has 1 fully saturated rings. The summed E-state index contributed by atoms with van der Waals surface area (Å²) >= 11 is 0. The Balaban J connectivity index is 1.46. The second-order valence-electron chi connectivity index (χ2n) is 7.34. The van der Waals surface area contributed by atoms with Gasteiger partial charge in [0.15, 0.2) is 5.82 Å². The van der Waals surface area contributed by atoms with Gasteiger partial charge in [0.1, 0.15) is 6.10 Å². The number of fused-ring (bicyclic) bond motifs is 1. The number of ether oxygens (including phenoxy) is 1. The van der Waals surface area contributed by atoms with Crippen molar-refractivity contribution in [1.82, 2.24) is 20.0 Å². The number of aryl methyl sites for hydroxylation is 1. The van der Waals surface area contributed by atoms with E-state index >= 15 is 0 Å². The summed E-state index contributed by atoms with van der Waals surface area (Å²) in [5, 5.41) is 5.25. The SMILES string of the molecule is COC(C)c1noc(CN2CCCN(c3cc(C)nc4ccccc34)CC2)n1. The number of para-hydroxylation sites is 1. The quantitative estimate of drug-likeness (QED) is 0.671. The summed E-state index contributed by atoms with van der Waals surface area (Å²) in [5.41, 5.74) is 3.39. The molecule has 0 amide bonds. The molecule has 0 radical (unpaired) electrons. The van der Waals surface area contributed by atoms with Gasteiger partial charge >= 0.3 is 0 Å². The number of hydrogen-bond acceptors (Lipinski definition) is 7. The van der Waals surface area contributed by atoms with Gasteiger partial charge in [-0.25, -0.2) is 0 Å². The number of aromatic nitrogens is 3. The van der Waals surface area contributed by atoms with Crippen LogP contribution in [0.4, 0.5) is 5.69 Å². The van der Waals surface area contributed by atoms with Crippen molar-refractivity contribution >= 4 is 16.6 Å². The molecule has 1 unspecified atom stereocenters. The molecule has 1 aliphatic rings. The summed E-state index contributed by atoms with van der Waals surface area (Å²) in [6.45, 7) is 8.60. The van der Waals surface area contributed by atoms with Crippen LogP contribution in [0.15, 0.2) is 34.9 Å². The zero-order valence-corrected chi connectivity index (χ0v) is 16.8. The van der Waals surface area contributed by atoms with Crippen molar-refractivity contribution in [1.29, 1.82) is 0 Å². The number of pyridine rings is 1. The van der Waals surface area contributed by atoms with Crippen molar-refractivity contribution in [2.45, 2.75) is 32.9 Å². The molecular formula is C21H27N5O2. The predicted molar refractivity (Wildman–Crippen MR) is 108 cm³/mol. The summed E-state index contributed by atoms with van der Waals surface area (Å²) in [6.07, 6.45) is 0.936. The molecule has 3 aromatic rings. The van der Waals surface area contributed by atoms with Gasteiger partial charge in [0.05, 0.1) is 12.1 Å². The molecule has 0 aliphatic carbocycles. The minimum atomic E-state index is -0.152. The van der Waals surface area contributed by atoms with Crippen molar-refractivity contribution in [3.63, 3.8) is 0 Å². The topological polar surface area (TPSA) is 67.5 Å².